The molecule has 5 nitrogen and oxygen atoms in total. The standard InChI is InChI=1S/C15H25N5/c1-4-15-17-7-9-19(15)12-14(3)16-6-5-8-20-11-13(2)10-18-20/h7,9-11,14,16H,4-6,8,12H2,1-3H3. The summed E-state index contributed by atoms with van der Waals surface area (Å²) in [4.78, 5) is 4.35. The lowest BCUT2D eigenvalue weighted by Gasteiger charge is -2.16. The first-order chi connectivity index (χ1) is 9.69. The van der Waals surface area contributed by atoms with Gasteiger partial charge in [-0.05, 0) is 32.4 Å². The molecule has 2 rings (SSSR count). The van der Waals surface area contributed by atoms with E-state index in [2.05, 4.69) is 53.1 Å². The maximum atomic E-state index is 4.35. The third-order valence-corrected chi connectivity index (χ3v) is 3.41. The van der Waals surface area contributed by atoms with Crippen molar-refractivity contribution in [2.75, 3.05) is 6.54 Å². The van der Waals surface area contributed by atoms with E-state index >= 15 is 0 Å². The molecular formula is C15H25N5. The van der Waals surface area contributed by atoms with Gasteiger partial charge in [-0.3, -0.25) is 4.68 Å². The number of rotatable bonds is 8. The van der Waals surface area contributed by atoms with Crippen molar-refractivity contribution in [3.8, 4) is 0 Å². The Hall–Kier alpha value is -1.62. The molecule has 0 saturated heterocycles. The Balaban J connectivity index is 1.66. The summed E-state index contributed by atoms with van der Waals surface area (Å²) in [6.45, 7) is 9.39. The van der Waals surface area contributed by atoms with Crippen molar-refractivity contribution in [2.24, 2.45) is 0 Å². The highest BCUT2D eigenvalue weighted by Crippen LogP contribution is 2.01. The van der Waals surface area contributed by atoms with Crippen LogP contribution in [0.3, 0.4) is 0 Å². The molecule has 0 fully saturated rings. The number of nitrogens with zero attached hydrogens (tertiary/aromatic N) is 4. The van der Waals surface area contributed by atoms with Crippen LogP contribution in [0.2, 0.25) is 0 Å². The molecule has 2 aromatic rings. The van der Waals surface area contributed by atoms with E-state index in [1.807, 2.05) is 17.1 Å². The average Bonchev–Trinajstić information content (AvgIpc) is 3.03. The Bertz CT molecular complexity index is 514. The molecule has 0 aliphatic heterocycles. The minimum atomic E-state index is 0.453. The maximum Gasteiger partial charge on any atom is 0.108 e. The van der Waals surface area contributed by atoms with Gasteiger partial charge in [0.2, 0.25) is 0 Å². The molecule has 2 heterocycles. The van der Waals surface area contributed by atoms with E-state index < -0.39 is 0 Å². The molecular weight excluding hydrogens is 250 g/mol. The molecule has 0 aliphatic rings. The number of aromatic nitrogens is 4. The summed E-state index contributed by atoms with van der Waals surface area (Å²) in [6.07, 6.45) is 10.0. The second kappa shape index (κ2) is 7.24. The Kier molecular flexibility index (Phi) is 5.35. The van der Waals surface area contributed by atoms with E-state index in [1.165, 1.54) is 5.56 Å². The van der Waals surface area contributed by atoms with Gasteiger partial charge in [0.15, 0.2) is 0 Å². The van der Waals surface area contributed by atoms with Crippen molar-refractivity contribution in [1.82, 2.24) is 24.6 Å². The number of imidazole rings is 1. The first-order valence-electron chi connectivity index (χ1n) is 7.41. The summed E-state index contributed by atoms with van der Waals surface area (Å²) in [5.41, 5.74) is 1.22. The summed E-state index contributed by atoms with van der Waals surface area (Å²) in [5.74, 6) is 1.16. The van der Waals surface area contributed by atoms with Gasteiger partial charge in [0.05, 0.1) is 6.20 Å². The van der Waals surface area contributed by atoms with Crippen LogP contribution in [-0.2, 0) is 19.5 Å². The summed E-state index contributed by atoms with van der Waals surface area (Å²) in [6, 6.07) is 0.453. The van der Waals surface area contributed by atoms with Crippen LogP contribution in [0, 0.1) is 6.92 Å². The zero-order chi connectivity index (χ0) is 14.4. The van der Waals surface area contributed by atoms with Gasteiger partial charge in [0.1, 0.15) is 5.82 Å². The average molecular weight is 275 g/mol. The molecule has 0 aliphatic carbocycles. The minimum Gasteiger partial charge on any atom is -0.333 e. The molecule has 0 radical (unpaired) electrons. The molecule has 1 unspecified atom stereocenters. The number of nitrogens with one attached hydrogen (secondary N) is 1. The summed E-state index contributed by atoms with van der Waals surface area (Å²) in [7, 11) is 0. The van der Waals surface area contributed by atoms with Gasteiger partial charge < -0.3 is 9.88 Å². The van der Waals surface area contributed by atoms with Gasteiger partial charge in [-0.2, -0.15) is 5.10 Å². The lowest BCUT2D eigenvalue weighted by atomic mass is 10.3. The quantitative estimate of drug-likeness (QED) is 0.750. The third kappa shape index (κ3) is 4.20. The molecule has 5 heteroatoms. The van der Waals surface area contributed by atoms with Gasteiger partial charge in [-0.1, -0.05) is 6.92 Å². The Morgan fingerprint density at radius 3 is 2.95 bits per heavy atom. The normalized spacial score (nSPS) is 12.8. The SMILES string of the molecule is CCc1nccn1CC(C)NCCCn1cc(C)cn1. The highest BCUT2D eigenvalue weighted by molar-refractivity contribution is 4.99. The van der Waals surface area contributed by atoms with Gasteiger partial charge in [-0.15, -0.1) is 0 Å². The van der Waals surface area contributed by atoms with Crippen LogP contribution >= 0.6 is 0 Å². The van der Waals surface area contributed by atoms with Gasteiger partial charge in [-0.25, -0.2) is 4.98 Å². The van der Waals surface area contributed by atoms with Crippen LogP contribution in [0.4, 0.5) is 0 Å². The predicted octanol–water partition coefficient (Wildman–Crippen LogP) is 2.02. The van der Waals surface area contributed by atoms with Gasteiger partial charge in [0, 0.05) is 44.1 Å². The summed E-state index contributed by atoms with van der Waals surface area (Å²) in [5, 5.41) is 7.85. The van der Waals surface area contributed by atoms with Crippen LogP contribution in [0.25, 0.3) is 0 Å². The highest BCUT2D eigenvalue weighted by Gasteiger charge is 2.05. The first kappa shape index (κ1) is 14.8. The van der Waals surface area contributed by atoms with Crippen LogP contribution in [0.5, 0.6) is 0 Å². The Morgan fingerprint density at radius 1 is 1.40 bits per heavy atom. The lowest BCUT2D eigenvalue weighted by Crippen LogP contribution is -2.32. The topological polar surface area (TPSA) is 47.7 Å². The van der Waals surface area contributed by atoms with Gasteiger partial charge >= 0.3 is 0 Å². The Labute approximate surface area is 121 Å². The van der Waals surface area contributed by atoms with Crippen molar-refractivity contribution in [3.63, 3.8) is 0 Å². The van der Waals surface area contributed by atoms with E-state index in [-0.39, 0.29) is 0 Å². The second-order valence-electron chi connectivity index (χ2n) is 5.34. The molecule has 20 heavy (non-hydrogen) atoms. The third-order valence-electron chi connectivity index (χ3n) is 3.41. The van der Waals surface area contributed by atoms with E-state index in [9.17, 15) is 0 Å². The summed E-state index contributed by atoms with van der Waals surface area (Å²) < 4.78 is 4.24. The molecule has 0 bridgehead atoms. The molecule has 0 spiro atoms. The van der Waals surface area contributed by atoms with Crippen LogP contribution < -0.4 is 5.32 Å². The monoisotopic (exact) mass is 275 g/mol. The molecule has 1 atom stereocenters. The smallest absolute Gasteiger partial charge is 0.108 e. The summed E-state index contributed by atoms with van der Waals surface area (Å²) >= 11 is 0. The second-order valence-corrected chi connectivity index (χ2v) is 5.34. The molecule has 0 amide bonds. The first-order valence-corrected chi connectivity index (χ1v) is 7.41. The van der Waals surface area contributed by atoms with Gasteiger partial charge in [0.25, 0.3) is 0 Å². The fraction of sp³-hybridized carbons (Fsp3) is 0.600. The lowest BCUT2D eigenvalue weighted by molar-refractivity contribution is 0.448. The maximum absolute atomic E-state index is 4.35. The zero-order valence-electron chi connectivity index (χ0n) is 12.7. The molecule has 0 saturated carbocycles. The van der Waals surface area contributed by atoms with E-state index in [0.717, 1.165) is 38.3 Å². The minimum absolute atomic E-state index is 0.453. The van der Waals surface area contributed by atoms with Crippen LogP contribution in [0.15, 0.2) is 24.8 Å². The molecule has 110 valence electrons. The van der Waals surface area contributed by atoms with E-state index in [0.29, 0.717) is 6.04 Å². The van der Waals surface area contributed by atoms with Crippen molar-refractivity contribution < 1.29 is 0 Å². The largest absolute Gasteiger partial charge is 0.333 e. The fourth-order valence-electron chi connectivity index (χ4n) is 2.36. The fourth-order valence-corrected chi connectivity index (χ4v) is 2.36. The van der Waals surface area contributed by atoms with E-state index in [4.69, 9.17) is 0 Å². The van der Waals surface area contributed by atoms with Crippen LogP contribution in [0.1, 0.15) is 31.7 Å². The zero-order valence-corrected chi connectivity index (χ0v) is 12.7. The number of hydrogen-bond acceptors (Lipinski definition) is 3. The number of hydrogen-bond donors (Lipinski definition) is 1. The molecule has 0 aromatic carbocycles. The number of aryl methyl sites for hydroxylation is 3. The van der Waals surface area contributed by atoms with E-state index in [1.54, 1.807) is 0 Å². The highest BCUT2D eigenvalue weighted by atomic mass is 15.3. The van der Waals surface area contributed by atoms with Crippen molar-refractivity contribution >= 4 is 0 Å². The van der Waals surface area contributed by atoms with Crippen LogP contribution in [-0.4, -0.2) is 31.9 Å². The van der Waals surface area contributed by atoms with Crippen molar-refractivity contribution in [3.05, 3.63) is 36.2 Å². The molecule has 2 aromatic heterocycles. The predicted molar refractivity (Wildman–Crippen MR) is 80.7 cm³/mol. The van der Waals surface area contributed by atoms with Crippen molar-refractivity contribution in [2.45, 2.75) is 52.7 Å². The molecule has 1 N–H and O–H groups in total. The Morgan fingerprint density at radius 2 is 2.25 bits per heavy atom. The van der Waals surface area contributed by atoms with Crippen molar-refractivity contribution in [1.29, 1.82) is 0 Å².